The molecule has 0 aliphatic carbocycles. The molecule has 0 aliphatic rings. The first kappa shape index (κ1) is 14.1. The number of carbonyl (C=O) groups excluding carboxylic acids is 2. The number of ether oxygens (including phenoxy) is 2. The molecule has 0 aliphatic heterocycles. The summed E-state index contributed by atoms with van der Waals surface area (Å²) in [6.07, 6.45) is 3.22. The lowest BCUT2D eigenvalue weighted by molar-refractivity contribution is -0.146. The highest BCUT2D eigenvalue weighted by molar-refractivity contribution is 5.70. The summed E-state index contributed by atoms with van der Waals surface area (Å²) in [4.78, 5) is 21.1. The van der Waals surface area contributed by atoms with Crippen LogP contribution in [0.1, 0.15) is 39.5 Å². The molecule has 0 radical (unpaired) electrons. The van der Waals surface area contributed by atoms with E-state index >= 15 is 0 Å². The van der Waals surface area contributed by atoms with Gasteiger partial charge in [0.05, 0.1) is 19.1 Å². The quantitative estimate of drug-likeness (QED) is 0.334. The number of unbranched alkanes of at least 4 members (excludes halogenated alkanes) is 1. The van der Waals surface area contributed by atoms with Gasteiger partial charge in [0.1, 0.15) is 6.29 Å². The molecule has 0 bridgehead atoms. The average molecular weight is 216 g/mol. The Labute approximate surface area is 90.9 Å². The van der Waals surface area contributed by atoms with Gasteiger partial charge in [-0.1, -0.05) is 13.3 Å². The molecule has 0 spiro atoms. The lowest BCUT2D eigenvalue weighted by Crippen LogP contribution is -2.17. The largest absolute Gasteiger partial charge is 0.465 e. The summed E-state index contributed by atoms with van der Waals surface area (Å²) < 4.78 is 10.2. The third-order valence-electron chi connectivity index (χ3n) is 1.85. The van der Waals surface area contributed by atoms with Gasteiger partial charge in [-0.25, -0.2) is 0 Å². The fraction of sp³-hybridized carbons (Fsp3) is 0.818. The molecule has 0 amide bonds. The maximum Gasteiger partial charge on any atom is 0.308 e. The number of hydrogen-bond donors (Lipinski definition) is 0. The molecule has 0 fully saturated rings. The second kappa shape index (κ2) is 9.65. The van der Waals surface area contributed by atoms with Crippen LogP contribution in [0, 0.1) is 0 Å². The topological polar surface area (TPSA) is 52.6 Å². The van der Waals surface area contributed by atoms with Crippen LogP contribution in [-0.4, -0.2) is 31.6 Å². The van der Waals surface area contributed by atoms with E-state index < -0.39 is 0 Å². The van der Waals surface area contributed by atoms with Crippen molar-refractivity contribution >= 4 is 12.3 Å². The minimum absolute atomic E-state index is 0.111. The van der Waals surface area contributed by atoms with Gasteiger partial charge in [0.15, 0.2) is 0 Å². The van der Waals surface area contributed by atoms with E-state index in [1.165, 1.54) is 0 Å². The Kier molecular flexibility index (Phi) is 9.07. The van der Waals surface area contributed by atoms with Crippen molar-refractivity contribution in [1.82, 2.24) is 0 Å². The predicted molar refractivity (Wildman–Crippen MR) is 56.6 cm³/mol. The molecule has 4 nitrogen and oxygen atoms in total. The zero-order valence-electron chi connectivity index (χ0n) is 9.53. The van der Waals surface area contributed by atoms with Gasteiger partial charge < -0.3 is 14.3 Å². The van der Waals surface area contributed by atoms with E-state index in [1.807, 2.05) is 6.92 Å². The van der Waals surface area contributed by atoms with Crippen molar-refractivity contribution < 1.29 is 19.1 Å². The van der Waals surface area contributed by atoms with Crippen molar-refractivity contribution in [3.8, 4) is 0 Å². The average Bonchev–Trinajstić information content (AvgIpc) is 2.18. The number of hydrogen-bond acceptors (Lipinski definition) is 4. The maximum absolute atomic E-state index is 11.1. The first-order valence-electron chi connectivity index (χ1n) is 5.41. The summed E-state index contributed by atoms with van der Waals surface area (Å²) in [5.74, 6) is -0.305. The Morgan fingerprint density at radius 1 is 1.40 bits per heavy atom. The highest BCUT2D eigenvalue weighted by atomic mass is 16.5. The molecule has 0 heterocycles. The number of esters is 1. The van der Waals surface area contributed by atoms with E-state index in [-0.39, 0.29) is 31.5 Å². The van der Waals surface area contributed by atoms with Gasteiger partial charge in [0.2, 0.25) is 0 Å². The summed E-state index contributed by atoms with van der Waals surface area (Å²) in [6, 6.07) is 0. The van der Waals surface area contributed by atoms with Gasteiger partial charge in [0, 0.05) is 13.0 Å². The Morgan fingerprint density at radius 2 is 2.13 bits per heavy atom. The highest BCUT2D eigenvalue weighted by Gasteiger charge is 2.09. The van der Waals surface area contributed by atoms with Crippen molar-refractivity contribution in [2.24, 2.45) is 0 Å². The molecule has 0 saturated carbocycles. The van der Waals surface area contributed by atoms with Crippen LogP contribution in [0.3, 0.4) is 0 Å². The lowest BCUT2D eigenvalue weighted by atomic mass is 10.3. The molecule has 0 aromatic rings. The van der Waals surface area contributed by atoms with E-state index in [0.29, 0.717) is 6.61 Å². The maximum atomic E-state index is 11.1. The van der Waals surface area contributed by atoms with Crippen molar-refractivity contribution in [3.05, 3.63) is 0 Å². The molecule has 4 heteroatoms. The Balaban J connectivity index is 3.44. The molecule has 0 aromatic heterocycles. The molecular weight excluding hydrogens is 196 g/mol. The second-order valence-electron chi connectivity index (χ2n) is 3.41. The van der Waals surface area contributed by atoms with E-state index in [0.717, 1.165) is 19.1 Å². The van der Waals surface area contributed by atoms with Crippen molar-refractivity contribution in [1.29, 1.82) is 0 Å². The summed E-state index contributed by atoms with van der Waals surface area (Å²) in [5, 5.41) is 0. The fourth-order valence-corrected chi connectivity index (χ4v) is 1.00. The summed E-state index contributed by atoms with van der Waals surface area (Å²) in [5.41, 5.74) is 0. The molecule has 15 heavy (non-hydrogen) atoms. The van der Waals surface area contributed by atoms with Crippen molar-refractivity contribution in [3.63, 3.8) is 0 Å². The van der Waals surface area contributed by atoms with Gasteiger partial charge in [-0.2, -0.15) is 0 Å². The predicted octanol–water partition coefficient (Wildman–Crippen LogP) is 1.71. The number of aldehydes is 1. The van der Waals surface area contributed by atoms with E-state index in [1.54, 1.807) is 0 Å². The summed E-state index contributed by atoms with van der Waals surface area (Å²) in [7, 11) is 0. The molecule has 0 saturated heterocycles. The molecule has 1 atom stereocenters. The van der Waals surface area contributed by atoms with Crippen LogP contribution >= 0.6 is 0 Å². The van der Waals surface area contributed by atoms with Gasteiger partial charge in [-0.3, -0.25) is 4.79 Å². The lowest BCUT2D eigenvalue weighted by Gasteiger charge is -2.11. The van der Waals surface area contributed by atoms with Gasteiger partial charge in [0.25, 0.3) is 0 Å². The first-order valence-corrected chi connectivity index (χ1v) is 5.41. The Morgan fingerprint density at radius 3 is 2.73 bits per heavy atom. The molecule has 0 rings (SSSR count). The Hall–Kier alpha value is -0.900. The van der Waals surface area contributed by atoms with Crippen LogP contribution in [-0.2, 0) is 19.1 Å². The number of rotatable bonds is 9. The highest BCUT2D eigenvalue weighted by Crippen LogP contribution is 2.01. The van der Waals surface area contributed by atoms with Gasteiger partial charge in [-0.15, -0.1) is 0 Å². The molecule has 88 valence electrons. The summed E-state index contributed by atoms with van der Waals surface area (Å²) >= 11 is 0. The van der Waals surface area contributed by atoms with Crippen LogP contribution in [0.4, 0.5) is 0 Å². The zero-order chi connectivity index (χ0) is 11.5. The molecular formula is C11H20O4. The standard InChI is InChI=1S/C11H20O4/c1-3-4-7-14-10(2)9-11(13)15-8-5-6-12/h6,10H,3-5,7-9H2,1-2H3. The normalized spacial score (nSPS) is 12.1. The monoisotopic (exact) mass is 216 g/mol. The van der Waals surface area contributed by atoms with Gasteiger partial charge >= 0.3 is 5.97 Å². The third-order valence-corrected chi connectivity index (χ3v) is 1.85. The molecule has 0 N–H and O–H groups in total. The van der Waals surface area contributed by atoms with Crippen LogP contribution < -0.4 is 0 Å². The van der Waals surface area contributed by atoms with Crippen LogP contribution in [0.5, 0.6) is 0 Å². The van der Waals surface area contributed by atoms with Crippen LogP contribution in [0.15, 0.2) is 0 Å². The SMILES string of the molecule is CCCCOC(C)CC(=O)OCCC=O. The van der Waals surface area contributed by atoms with Crippen LogP contribution in [0.25, 0.3) is 0 Å². The Bertz CT molecular complexity index is 179. The minimum Gasteiger partial charge on any atom is -0.465 e. The zero-order valence-corrected chi connectivity index (χ0v) is 9.53. The van der Waals surface area contributed by atoms with Crippen LogP contribution in [0.2, 0.25) is 0 Å². The first-order chi connectivity index (χ1) is 7.20. The molecule has 1 unspecified atom stereocenters. The minimum atomic E-state index is -0.305. The number of carbonyl (C=O) groups is 2. The molecule has 0 aromatic carbocycles. The third kappa shape index (κ3) is 9.41. The van der Waals surface area contributed by atoms with E-state index in [2.05, 4.69) is 6.92 Å². The summed E-state index contributed by atoms with van der Waals surface area (Å²) in [6.45, 7) is 4.78. The van der Waals surface area contributed by atoms with E-state index in [4.69, 9.17) is 9.47 Å². The van der Waals surface area contributed by atoms with Crippen molar-refractivity contribution in [2.45, 2.75) is 45.6 Å². The van der Waals surface area contributed by atoms with Crippen molar-refractivity contribution in [2.75, 3.05) is 13.2 Å². The van der Waals surface area contributed by atoms with E-state index in [9.17, 15) is 9.59 Å². The fourth-order valence-electron chi connectivity index (χ4n) is 1.00. The van der Waals surface area contributed by atoms with Gasteiger partial charge in [-0.05, 0) is 13.3 Å². The second-order valence-corrected chi connectivity index (χ2v) is 3.41. The smallest absolute Gasteiger partial charge is 0.308 e.